The van der Waals surface area contributed by atoms with Crippen molar-refractivity contribution in [3.05, 3.63) is 95.1 Å². The van der Waals surface area contributed by atoms with Crippen LogP contribution in [-0.4, -0.2) is 11.8 Å². The Labute approximate surface area is 169 Å². The number of nitriles is 1. The van der Waals surface area contributed by atoms with E-state index >= 15 is 0 Å². The Kier molecular flexibility index (Phi) is 5.08. The number of fused-ring (bicyclic) bond motifs is 1. The molecule has 0 saturated heterocycles. The van der Waals surface area contributed by atoms with E-state index in [1.165, 1.54) is 0 Å². The molecule has 3 aromatic carbocycles. The molecule has 0 fully saturated rings. The summed E-state index contributed by atoms with van der Waals surface area (Å²) in [5, 5.41) is 11.8. The molecule has 5 nitrogen and oxygen atoms in total. The second kappa shape index (κ2) is 7.99. The van der Waals surface area contributed by atoms with Gasteiger partial charge >= 0.3 is 0 Å². The molecule has 0 spiro atoms. The smallest absolute Gasteiger partial charge is 0.255 e. The summed E-state index contributed by atoms with van der Waals surface area (Å²) in [5.74, 6) is -0.127. The average Bonchev–Trinajstić information content (AvgIpc) is 2.76. The van der Waals surface area contributed by atoms with Crippen LogP contribution < -0.4 is 10.2 Å². The molecule has 0 aliphatic carbocycles. The lowest BCUT2D eigenvalue weighted by molar-refractivity contribution is -0.119. The normalized spacial score (nSPS) is 12.8. The van der Waals surface area contributed by atoms with Gasteiger partial charge in [0.2, 0.25) is 5.91 Å². The molecule has 2 amide bonds. The molecule has 0 bridgehead atoms. The molecule has 0 aromatic heterocycles. The van der Waals surface area contributed by atoms with E-state index in [9.17, 15) is 9.59 Å². The van der Waals surface area contributed by atoms with Crippen molar-refractivity contribution in [3.8, 4) is 6.07 Å². The lowest BCUT2D eigenvalue weighted by Crippen LogP contribution is -2.34. The summed E-state index contributed by atoms with van der Waals surface area (Å²) in [6.45, 7) is 0.531. The number of hydrogen-bond donors (Lipinski definition) is 1. The van der Waals surface area contributed by atoms with Gasteiger partial charge in [-0.3, -0.25) is 9.59 Å². The minimum Gasteiger partial charge on any atom is -0.322 e. The zero-order valence-electron chi connectivity index (χ0n) is 15.8. The van der Waals surface area contributed by atoms with E-state index in [-0.39, 0.29) is 11.8 Å². The predicted molar refractivity (Wildman–Crippen MR) is 112 cm³/mol. The van der Waals surface area contributed by atoms with Crippen LogP contribution in [0.15, 0.2) is 72.8 Å². The topological polar surface area (TPSA) is 73.2 Å². The van der Waals surface area contributed by atoms with Gasteiger partial charge < -0.3 is 10.2 Å². The Bertz CT molecular complexity index is 1100. The number of amides is 2. The maximum atomic E-state index is 12.5. The van der Waals surface area contributed by atoms with Gasteiger partial charge in [0.15, 0.2) is 0 Å². The number of carbonyl (C=O) groups excluding carboxylic acids is 2. The zero-order valence-corrected chi connectivity index (χ0v) is 15.8. The molecular formula is C24H19N3O2. The summed E-state index contributed by atoms with van der Waals surface area (Å²) < 4.78 is 0. The maximum Gasteiger partial charge on any atom is 0.255 e. The van der Waals surface area contributed by atoms with Crippen LogP contribution in [0.1, 0.15) is 33.5 Å². The van der Waals surface area contributed by atoms with E-state index in [4.69, 9.17) is 5.26 Å². The Morgan fingerprint density at radius 2 is 1.76 bits per heavy atom. The lowest BCUT2D eigenvalue weighted by atomic mass is 9.99. The van der Waals surface area contributed by atoms with Gasteiger partial charge in [-0.05, 0) is 60.0 Å². The largest absolute Gasteiger partial charge is 0.322 e. The minimum absolute atomic E-state index is 0.107. The third-order valence-corrected chi connectivity index (χ3v) is 5.00. The Morgan fingerprint density at radius 1 is 1.00 bits per heavy atom. The Morgan fingerprint density at radius 3 is 2.48 bits per heavy atom. The summed E-state index contributed by atoms with van der Waals surface area (Å²) in [4.78, 5) is 26.8. The molecule has 142 valence electrons. The fourth-order valence-electron chi connectivity index (χ4n) is 3.48. The van der Waals surface area contributed by atoms with Crippen molar-refractivity contribution in [1.82, 2.24) is 0 Å². The lowest BCUT2D eigenvalue weighted by Gasteiger charge is -2.30. The van der Waals surface area contributed by atoms with Gasteiger partial charge in [-0.25, -0.2) is 0 Å². The van der Waals surface area contributed by atoms with E-state index in [2.05, 4.69) is 5.32 Å². The Balaban J connectivity index is 1.54. The van der Waals surface area contributed by atoms with Crippen LogP contribution in [0.3, 0.4) is 0 Å². The third kappa shape index (κ3) is 4.02. The zero-order chi connectivity index (χ0) is 20.2. The molecule has 1 heterocycles. The first-order valence-corrected chi connectivity index (χ1v) is 9.43. The molecule has 3 aromatic rings. The summed E-state index contributed by atoms with van der Waals surface area (Å²) in [6.07, 6.45) is 1.10. The number of anilines is 2. The first-order chi connectivity index (χ1) is 14.1. The third-order valence-electron chi connectivity index (χ3n) is 5.00. The molecule has 1 N–H and O–H groups in total. The number of aryl methyl sites for hydroxylation is 1. The van der Waals surface area contributed by atoms with Gasteiger partial charge in [0, 0.05) is 23.4 Å². The molecule has 0 unspecified atom stereocenters. The van der Waals surface area contributed by atoms with Gasteiger partial charge in [-0.1, -0.05) is 30.3 Å². The van der Waals surface area contributed by atoms with Crippen molar-refractivity contribution in [3.63, 3.8) is 0 Å². The van der Waals surface area contributed by atoms with Crippen molar-refractivity contribution in [2.75, 3.05) is 10.2 Å². The molecule has 1 aliphatic rings. The number of benzene rings is 3. The van der Waals surface area contributed by atoms with E-state index < -0.39 is 0 Å². The van der Waals surface area contributed by atoms with Crippen LogP contribution in [0.25, 0.3) is 0 Å². The van der Waals surface area contributed by atoms with Crippen LogP contribution in [-0.2, 0) is 17.8 Å². The quantitative estimate of drug-likeness (QED) is 0.733. The van der Waals surface area contributed by atoms with Crippen molar-refractivity contribution >= 4 is 23.2 Å². The summed E-state index contributed by atoms with van der Waals surface area (Å²) in [5.41, 5.74) is 4.69. The van der Waals surface area contributed by atoms with Gasteiger partial charge in [-0.15, -0.1) is 0 Å². The van der Waals surface area contributed by atoms with Crippen LogP contribution in [0, 0.1) is 11.3 Å². The molecule has 5 heteroatoms. The molecule has 0 radical (unpaired) electrons. The highest BCUT2D eigenvalue weighted by Gasteiger charge is 2.24. The van der Waals surface area contributed by atoms with Crippen LogP contribution in [0.4, 0.5) is 11.4 Å². The van der Waals surface area contributed by atoms with Gasteiger partial charge in [0.1, 0.15) is 0 Å². The number of carbonyl (C=O) groups is 2. The predicted octanol–water partition coefficient (Wildman–Crippen LogP) is 4.29. The Hall–Kier alpha value is -3.91. The van der Waals surface area contributed by atoms with Gasteiger partial charge in [-0.2, -0.15) is 5.26 Å². The average molecular weight is 381 g/mol. The van der Waals surface area contributed by atoms with Crippen molar-refractivity contribution in [2.24, 2.45) is 0 Å². The van der Waals surface area contributed by atoms with Gasteiger partial charge in [0.25, 0.3) is 5.91 Å². The first-order valence-electron chi connectivity index (χ1n) is 9.43. The number of nitrogens with one attached hydrogen (secondary N) is 1. The number of rotatable bonds is 4. The molecule has 1 aliphatic heterocycles. The molecule has 4 rings (SSSR count). The fraction of sp³-hybridized carbons (Fsp3) is 0.125. The minimum atomic E-state index is -0.234. The first kappa shape index (κ1) is 18.5. The van der Waals surface area contributed by atoms with Crippen molar-refractivity contribution in [1.29, 1.82) is 5.26 Å². The van der Waals surface area contributed by atoms with Crippen LogP contribution in [0.5, 0.6) is 0 Å². The number of hydrogen-bond acceptors (Lipinski definition) is 3. The van der Waals surface area contributed by atoms with Crippen LogP contribution in [0.2, 0.25) is 0 Å². The standard InChI is InChI=1S/C24H19N3O2/c25-15-17-6-8-19(9-7-17)24(29)26-21-11-12-22-20(14-21)10-13-23(28)27(22)16-18-4-2-1-3-5-18/h1-9,11-12,14H,10,13,16H2,(H,26,29). The second-order valence-electron chi connectivity index (χ2n) is 6.95. The van der Waals surface area contributed by atoms with Crippen molar-refractivity contribution < 1.29 is 9.59 Å². The van der Waals surface area contributed by atoms with E-state index in [1.54, 1.807) is 29.2 Å². The molecule has 29 heavy (non-hydrogen) atoms. The highest BCUT2D eigenvalue weighted by Crippen LogP contribution is 2.31. The van der Waals surface area contributed by atoms with Crippen molar-refractivity contribution in [2.45, 2.75) is 19.4 Å². The SMILES string of the molecule is N#Cc1ccc(C(=O)Nc2ccc3c(c2)CCC(=O)N3Cc2ccccc2)cc1. The summed E-state index contributed by atoms with van der Waals surface area (Å²) in [6, 6.07) is 24.1. The fourth-order valence-corrected chi connectivity index (χ4v) is 3.48. The highest BCUT2D eigenvalue weighted by atomic mass is 16.2. The van der Waals surface area contributed by atoms with Crippen LogP contribution >= 0.6 is 0 Å². The molecule has 0 atom stereocenters. The maximum absolute atomic E-state index is 12.5. The molecular weight excluding hydrogens is 362 g/mol. The number of nitrogens with zero attached hydrogens (tertiary/aromatic N) is 2. The highest BCUT2D eigenvalue weighted by molar-refractivity contribution is 6.05. The van der Waals surface area contributed by atoms with E-state index in [0.29, 0.717) is 36.2 Å². The summed E-state index contributed by atoms with van der Waals surface area (Å²) in [7, 11) is 0. The van der Waals surface area contributed by atoms with E-state index in [1.807, 2.05) is 54.6 Å². The second-order valence-corrected chi connectivity index (χ2v) is 6.95. The summed E-state index contributed by atoms with van der Waals surface area (Å²) >= 11 is 0. The monoisotopic (exact) mass is 381 g/mol. The van der Waals surface area contributed by atoms with E-state index in [0.717, 1.165) is 16.8 Å². The van der Waals surface area contributed by atoms with Gasteiger partial charge in [0.05, 0.1) is 18.2 Å². The molecule has 0 saturated carbocycles.